The molecule has 0 atom stereocenters. The maximum absolute atomic E-state index is 6.01. The molecule has 2 heterocycles. The number of imidazole rings is 1. The van der Waals surface area contributed by atoms with Crippen LogP contribution in [0.15, 0.2) is 23.4 Å². The van der Waals surface area contributed by atoms with Crippen LogP contribution in [-0.4, -0.2) is 46.5 Å². The Hall–Kier alpha value is -0.750. The van der Waals surface area contributed by atoms with E-state index < -0.39 is 0 Å². The van der Waals surface area contributed by atoms with Gasteiger partial charge in [-0.15, -0.1) is 0 Å². The van der Waals surface area contributed by atoms with Gasteiger partial charge in [0.05, 0.1) is 16.9 Å². The number of aromatic nitrogens is 2. The number of halogens is 1. The largest absolute Gasteiger partial charge is 0.322 e. The van der Waals surface area contributed by atoms with E-state index in [-0.39, 0.29) is 0 Å². The molecule has 0 radical (unpaired) electrons. The summed E-state index contributed by atoms with van der Waals surface area (Å²) in [7, 11) is 2.06. The van der Waals surface area contributed by atoms with E-state index in [1.54, 1.807) is 11.8 Å². The summed E-state index contributed by atoms with van der Waals surface area (Å²) >= 11 is 7.80. The van der Waals surface area contributed by atoms with Crippen LogP contribution in [0.4, 0.5) is 0 Å². The first-order valence-corrected chi connectivity index (χ1v) is 7.78. The van der Waals surface area contributed by atoms with Gasteiger partial charge in [-0.2, -0.15) is 0 Å². The third kappa shape index (κ3) is 2.89. The number of aryl methyl sites for hydroxylation is 1. The Morgan fingerprint density at radius 1 is 1.37 bits per heavy atom. The topological polar surface area (TPSA) is 33.1 Å². The van der Waals surface area contributed by atoms with Gasteiger partial charge in [-0.05, 0) is 18.2 Å². The summed E-state index contributed by atoms with van der Waals surface area (Å²) < 4.78 is 2.14. The minimum Gasteiger partial charge on any atom is -0.322 e. The van der Waals surface area contributed by atoms with Crippen molar-refractivity contribution in [3.05, 3.63) is 23.2 Å². The lowest BCUT2D eigenvalue weighted by Crippen LogP contribution is -2.43. The van der Waals surface area contributed by atoms with Gasteiger partial charge in [0.2, 0.25) is 0 Å². The van der Waals surface area contributed by atoms with Gasteiger partial charge >= 0.3 is 0 Å². The zero-order chi connectivity index (χ0) is 13.2. The number of hydrogen-bond acceptors (Lipinski definition) is 4. The molecule has 6 heteroatoms. The molecule has 1 aliphatic rings. The van der Waals surface area contributed by atoms with Crippen molar-refractivity contribution in [2.75, 3.05) is 32.1 Å². The zero-order valence-electron chi connectivity index (χ0n) is 10.9. The van der Waals surface area contributed by atoms with E-state index >= 15 is 0 Å². The molecule has 0 unspecified atom stereocenters. The predicted octanol–water partition coefficient (Wildman–Crippen LogP) is 2.18. The fourth-order valence-corrected chi connectivity index (χ4v) is 3.45. The van der Waals surface area contributed by atoms with E-state index in [2.05, 4.69) is 26.8 Å². The van der Waals surface area contributed by atoms with Gasteiger partial charge in [-0.25, -0.2) is 4.98 Å². The average Bonchev–Trinajstić information content (AvgIpc) is 2.74. The monoisotopic (exact) mass is 296 g/mol. The van der Waals surface area contributed by atoms with Gasteiger partial charge in [0, 0.05) is 38.2 Å². The van der Waals surface area contributed by atoms with Gasteiger partial charge in [-0.1, -0.05) is 23.4 Å². The predicted molar refractivity (Wildman–Crippen MR) is 80.9 cm³/mol. The average molecular weight is 297 g/mol. The van der Waals surface area contributed by atoms with E-state index in [1.165, 1.54) is 0 Å². The number of thioether (sulfide) groups is 1. The van der Waals surface area contributed by atoms with Gasteiger partial charge in [0.15, 0.2) is 5.16 Å². The van der Waals surface area contributed by atoms with Gasteiger partial charge in [-0.3, -0.25) is 4.90 Å². The van der Waals surface area contributed by atoms with Crippen LogP contribution in [0.25, 0.3) is 11.0 Å². The molecule has 4 nitrogen and oxygen atoms in total. The van der Waals surface area contributed by atoms with Crippen LogP contribution in [0, 0.1) is 0 Å². The Bertz CT molecular complexity index is 577. The van der Waals surface area contributed by atoms with E-state index in [4.69, 9.17) is 11.6 Å². The second kappa shape index (κ2) is 5.71. The summed E-state index contributed by atoms with van der Waals surface area (Å²) in [4.78, 5) is 7.11. The quantitative estimate of drug-likeness (QED) is 0.880. The molecule has 102 valence electrons. The number of nitrogens with zero attached hydrogens (tertiary/aromatic N) is 3. The molecule has 2 aromatic rings. The number of hydrogen-bond donors (Lipinski definition) is 1. The van der Waals surface area contributed by atoms with E-state index in [0.29, 0.717) is 0 Å². The van der Waals surface area contributed by atoms with Crippen molar-refractivity contribution in [2.45, 2.75) is 5.16 Å². The molecular weight excluding hydrogens is 280 g/mol. The maximum atomic E-state index is 6.01. The summed E-state index contributed by atoms with van der Waals surface area (Å²) in [5.74, 6) is 0.993. The number of piperazine rings is 1. The van der Waals surface area contributed by atoms with Crippen LogP contribution in [-0.2, 0) is 7.05 Å². The number of benzene rings is 1. The Balaban J connectivity index is 1.75. The molecule has 1 saturated heterocycles. The lowest BCUT2D eigenvalue weighted by molar-refractivity contribution is 0.280. The van der Waals surface area contributed by atoms with Crippen LogP contribution in [0.2, 0.25) is 5.02 Å². The van der Waals surface area contributed by atoms with Crippen molar-refractivity contribution in [1.29, 1.82) is 0 Å². The first kappa shape index (κ1) is 13.2. The van der Waals surface area contributed by atoms with Gasteiger partial charge in [0.25, 0.3) is 0 Å². The summed E-state index contributed by atoms with van der Waals surface area (Å²) in [6.07, 6.45) is 0. The molecule has 0 saturated carbocycles. The van der Waals surface area contributed by atoms with Gasteiger partial charge in [0.1, 0.15) is 0 Å². The molecule has 1 aromatic heterocycles. The first-order valence-electron chi connectivity index (χ1n) is 6.42. The molecule has 0 amide bonds. The third-order valence-corrected chi connectivity index (χ3v) is 4.74. The highest BCUT2D eigenvalue weighted by atomic mass is 35.5. The van der Waals surface area contributed by atoms with Crippen LogP contribution < -0.4 is 5.32 Å². The highest BCUT2D eigenvalue weighted by molar-refractivity contribution is 7.99. The third-order valence-electron chi connectivity index (χ3n) is 3.39. The standard InChI is InChI=1S/C13H17ClN4S/c1-17-12-3-2-10(14)8-11(12)16-13(17)19-9-18-6-4-15-5-7-18/h2-3,8,15H,4-7,9H2,1H3. The van der Waals surface area contributed by atoms with Crippen molar-refractivity contribution in [3.8, 4) is 0 Å². The number of rotatable bonds is 3. The second-order valence-corrected chi connectivity index (χ2v) is 6.08. The summed E-state index contributed by atoms with van der Waals surface area (Å²) in [6, 6.07) is 5.86. The molecular formula is C13H17ClN4S. The lowest BCUT2D eigenvalue weighted by atomic mass is 10.3. The molecule has 1 aliphatic heterocycles. The Labute approximate surface area is 122 Å². The normalized spacial score (nSPS) is 17.2. The Morgan fingerprint density at radius 3 is 2.95 bits per heavy atom. The molecule has 1 N–H and O–H groups in total. The van der Waals surface area contributed by atoms with E-state index in [0.717, 1.165) is 53.3 Å². The van der Waals surface area contributed by atoms with Crippen molar-refractivity contribution in [2.24, 2.45) is 7.05 Å². The first-order chi connectivity index (χ1) is 9.24. The number of fused-ring (bicyclic) bond motifs is 1. The minimum absolute atomic E-state index is 0.740. The van der Waals surface area contributed by atoms with Crippen molar-refractivity contribution in [3.63, 3.8) is 0 Å². The summed E-state index contributed by atoms with van der Waals surface area (Å²) in [5.41, 5.74) is 2.10. The fourth-order valence-electron chi connectivity index (χ4n) is 2.27. The zero-order valence-corrected chi connectivity index (χ0v) is 12.5. The second-order valence-electron chi connectivity index (χ2n) is 4.73. The minimum atomic E-state index is 0.740. The highest BCUT2D eigenvalue weighted by Gasteiger charge is 2.13. The molecule has 1 fully saturated rings. The van der Waals surface area contributed by atoms with E-state index in [1.807, 2.05) is 18.2 Å². The maximum Gasteiger partial charge on any atom is 0.170 e. The van der Waals surface area contributed by atoms with Crippen LogP contribution in [0.5, 0.6) is 0 Å². The molecule has 0 bridgehead atoms. The SMILES string of the molecule is Cn1c(SCN2CCNCC2)nc2cc(Cl)ccc21. The molecule has 0 aliphatic carbocycles. The molecule has 19 heavy (non-hydrogen) atoms. The van der Waals surface area contributed by atoms with Crippen molar-refractivity contribution in [1.82, 2.24) is 19.8 Å². The van der Waals surface area contributed by atoms with Crippen LogP contribution in [0.3, 0.4) is 0 Å². The molecule has 3 rings (SSSR count). The highest BCUT2D eigenvalue weighted by Crippen LogP contribution is 2.25. The molecule has 1 aromatic carbocycles. The Morgan fingerprint density at radius 2 is 2.16 bits per heavy atom. The molecule has 0 spiro atoms. The Kier molecular flexibility index (Phi) is 3.98. The van der Waals surface area contributed by atoms with Crippen molar-refractivity contribution >= 4 is 34.4 Å². The smallest absolute Gasteiger partial charge is 0.170 e. The van der Waals surface area contributed by atoms with Crippen molar-refractivity contribution < 1.29 is 0 Å². The fraction of sp³-hybridized carbons (Fsp3) is 0.462. The number of nitrogens with one attached hydrogen (secondary N) is 1. The van der Waals surface area contributed by atoms with Crippen LogP contribution in [0.1, 0.15) is 0 Å². The lowest BCUT2D eigenvalue weighted by Gasteiger charge is -2.26. The van der Waals surface area contributed by atoms with E-state index in [9.17, 15) is 0 Å². The summed E-state index contributed by atoms with van der Waals surface area (Å²) in [5, 5.41) is 5.16. The summed E-state index contributed by atoms with van der Waals surface area (Å²) in [6.45, 7) is 4.39. The van der Waals surface area contributed by atoms with Crippen LogP contribution >= 0.6 is 23.4 Å². The van der Waals surface area contributed by atoms with Gasteiger partial charge < -0.3 is 9.88 Å².